The highest BCUT2D eigenvalue weighted by atomic mass is 32.2. The Morgan fingerprint density at radius 1 is 1.03 bits per heavy atom. The number of nitrogens with zero attached hydrogens (tertiary/aromatic N) is 1. The van der Waals surface area contributed by atoms with Gasteiger partial charge in [-0.05, 0) is 90.8 Å². The predicted octanol–water partition coefficient (Wildman–Crippen LogP) is 5.56. The van der Waals surface area contributed by atoms with Crippen LogP contribution in [0.15, 0.2) is 70.6 Å². The molecule has 3 aromatic rings. The summed E-state index contributed by atoms with van der Waals surface area (Å²) in [5.74, 6) is -0.804. The van der Waals surface area contributed by atoms with Gasteiger partial charge in [0.1, 0.15) is 5.82 Å². The van der Waals surface area contributed by atoms with Crippen LogP contribution in [0.4, 0.5) is 10.1 Å². The molecule has 0 saturated carbocycles. The topological polar surface area (TPSA) is 77.0 Å². The van der Waals surface area contributed by atoms with Crippen LogP contribution < -0.4 is 14.8 Å². The molecule has 0 aliphatic carbocycles. The van der Waals surface area contributed by atoms with E-state index in [1.54, 1.807) is 24.3 Å². The molecule has 4 rings (SSSR count). The van der Waals surface area contributed by atoms with Crippen LogP contribution in [0.2, 0.25) is 0 Å². The maximum atomic E-state index is 13.1. The molecule has 1 N–H and O–H groups in total. The number of halogens is 1. The second-order valence-electron chi connectivity index (χ2n) is 7.58. The molecule has 1 aliphatic heterocycles. The van der Waals surface area contributed by atoms with Crippen molar-refractivity contribution in [2.45, 2.75) is 13.8 Å². The highest BCUT2D eigenvalue weighted by Gasteiger charge is 2.24. The number of thioether (sulfide) groups is 1. The van der Waals surface area contributed by atoms with Crippen molar-refractivity contribution in [2.75, 3.05) is 7.11 Å². The van der Waals surface area contributed by atoms with Crippen molar-refractivity contribution in [1.29, 1.82) is 0 Å². The summed E-state index contributed by atoms with van der Waals surface area (Å²) in [5, 5.41) is 3.29. The number of aliphatic imine (C=N–C) groups is 1. The summed E-state index contributed by atoms with van der Waals surface area (Å²) in [5.41, 5.74) is 3.80. The largest absolute Gasteiger partial charge is 0.493 e. The summed E-state index contributed by atoms with van der Waals surface area (Å²) in [6, 6.07) is 16.0. The van der Waals surface area contributed by atoms with E-state index in [4.69, 9.17) is 9.47 Å². The number of nitrogens with one attached hydrogen (secondary N) is 1. The Balaban J connectivity index is 1.53. The SMILES string of the molecule is COc1cc(/C=C2/SC(=Nc3cc(C)ccc3C)NC2=O)ccc1OC(=O)c1ccc(F)cc1. The lowest BCUT2D eigenvalue weighted by Gasteiger charge is -2.10. The number of ether oxygens (including phenoxy) is 2. The third-order valence-electron chi connectivity index (χ3n) is 5.01. The van der Waals surface area contributed by atoms with Crippen LogP contribution in [-0.4, -0.2) is 24.2 Å². The second-order valence-corrected chi connectivity index (χ2v) is 8.61. The number of aryl methyl sites for hydroxylation is 2. The summed E-state index contributed by atoms with van der Waals surface area (Å²) in [6.45, 7) is 3.95. The molecular weight excluding hydrogens is 455 g/mol. The molecule has 1 amide bonds. The molecule has 6 nitrogen and oxygen atoms in total. The number of amides is 1. The molecule has 0 atom stereocenters. The molecule has 1 heterocycles. The molecule has 0 radical (unpaired) electrons. The Bertz CT molecular complexity index is 1330. The Morgan fingerprint density at radius 2 is 1.79 bits per heavy atom. The van der Waals surface area contributed by atoms with E-state index >= 15 is 0 Å². The third-order valence-corrected chi connectivity index (χ3v) is 5.92. The highest BCUT2D eigenvalue weighted by molar-refractivity contribution is 8.18. The normalized spacial score (nSPS) is 15.5. The number of hydrogen-bond acceptors (Lipinski definition) is 6. The number of amidine groups is 1. The standard InChI is InChI=1S/C26H21FN2O4S/c1-15-4-5-16(2)20(12-15)28-26-29-24(30)23(34-26)14-17-6-11-21(22(13-17)32-3)33-25(31)18-7-9-19(27)10-8-18/h4-14H,1-3H3,(H,28,29,30)/b23-14+. The zero-order valence-corrected chi connectivity index (χ0v) is 19.5. The fourth-order valence-corrected chi connectivity index (χ4v) is 4.02. The molecule has 0 aromatic heterocycles. The first kappa shape index (κ1) is 23.3. The van der Waals surface area contributed by atoms with Gasteiger partial charge in [0, 0.05) is 0 Å². The lowest BCUT2D eigenvalue weighted by Crippen LogP contribution is -2.19. The van der Waals surface area contributed by atoms with E-state index in [0.29, 0.717) is 21.4 Å². The van der Waals surface area contributed by atoms with Crippen molar-refractivity contribution in [2.24, 2.45) is 4.99 Å². The van der Waals surface area contributed by atoms with Gasteiger partial charge in [0.25, 0.3) is 5.91 Å². The number of rotatable bonds is 5. The van der Waals surface area contributed by atoms with Crippen molar-refractivity contribution in [3.8, 4) is 11.5 Å². The number of carbonyl (C=O) groups excluding carboxylic acids is 2. The Hall–Kier alpha value is -3.91. The van der Waals surface area contributed by atoms with Crippen LogP contribution >= 0.6 is 11.8 Å². The van der Waals surface area contributed by atoms with E-state index in [1.165, 1.54) is 43.1 Å². The molecule has 34 heavy (non-hydrogen) atoms. The third kappa shape index (κ3) is 5.35. The van der Waals surface area contributed by atoms with Gasteiger partial charge in [0.15, 0.2) is 16.7 Å². The summed E-state index contributed by atoms with van der Waals surface area (Å²) in [6.07, 6.45) is 1.71. The molecule has 0 unspecified atom stereocenters. The van der Waals surface area contributed by atoms with E-state index in [1.807, 2.05) is 32.0 Å². The van der Waals surface area contributed by atoms with Crippen LogP contribution in [0, 0.1) is 19.7 Å². The number of benzene rings is 3. The van der Waals surface area contributed by atoms with Crippen molar-refractivity contribution in [3.05, 3.63) is 93.6 Å². The fourth-order valence-electron chi connectivity index (χ4n) is 3.18. The zero-order valence-electron chi connectivity index (χ0n) is 18.7. The van der Waals surface area contributed by atoms with Gasteiger partial charge in [-0.2, -0.15) is 0 Å². The Labute approximate surface area is 200 Å². The summed E-state index contributed by atoms with van der Waals surface area (Å²) in [4.78, 5) is 29.9. The first-order valence-corrected chi connectivity index (χ1v) is 11.2. The maximum Gasteiger partial charge on any atom is 0.343 e. The minimum Gasteiger partial charge on any atom is -0.493 e. The van der Waals surface area contributed by atoms with Crippen molar-refractivity contribution >= 4 is 40.6 Å². The Morgan fingerprint density at radius 3 is 2.53 bits per heavy atom. The van der Waals surface area contributed by atoms with Gasteiger partial charge in [-0.3, -0.25) is 4.79 Å². The predicted molar refractivity (Wildman–Crippen MR) is 131 cm³/mol. The van der Waals surface area contributed by atoms with Gasteiger partial charge in [-0.25, -0.2) is 14.2 Å². The first-order chi connectivity index (χ1) is 16.3. The number of hydrogen-bond donors (Lipinski definition) is 1. The minimum atomic E-state index is -0.637. The molecular formula is C26H21FN2O4S. The van der Waals surface area contributed by atoms with Crippen LogP contribution in [0.3, 0.4) is 0 Å². The maximum absolute atomic E-state index is 13.1. The van der Waals surface area contributed by atoms with Gasteiger partial charge >= 0.3 is 5.97 Å². The van der Waals surface area contributed by atoms with Gasteiger partial charge < -0.3 is 14.8 Å². The van der Waals surface area contributed by atoms with E-state index in [-0.39, 0.29) is 17.2 Å². The molecule has 1 saturated heterocycles. The second kappa shape index (κ2) is 9.93. The minimum absolute atomic E-state index is 0.208. The monoisotopic (exact) mass is 476 g/mol. The zero-order chi connectivity index (χ0) is 24.2. The van der Waals surface area contributed by atoms with Gasteiger partial charge in [-0.15, -0.1) is 0 Å². The van der Waals surface area contributed by atoms with Crippen LogP contribution in [0.25, 0.3) is 6.08 Å². The summed E-state index contributed by atoms with van der Waals surface area (Å²) in [7, 11) is 1.45. The summed E-state index contributed by atoms with van der Waals surface area (Å²) < 4.78 is 23.8. The lowest BCUT2D eigenvalue weighted by atomic mass is 10.1. The molecule has 0 bridgehead atoms. The quantitative estimate of drug-likeness (QED) is 0.296. The molecule has 0 spiro atoms. The highest BCUT2D eigenvalue weighted by Crippen LogP contribution is 2.33. The van der Waals surface area contributed by atoms with E-state index in [9.17, 15) is 14.0 Å². The first-order valence-electron chi connectivity index (χ1n) is 10.3. The van der Waals surface area contributed by atoms with Crippen molar-refractivity contribution < 1.29 is 23.5 Å². The van der Waals surface area contributed by atoms with Gasteiger partial charge in [0.2, 0.25) is 0 Å². The molecule has 172 valence electrons. The summed E-state index contributed by atoms with van der Waals surface area (Å²) >= 11 is 1.24. The molecule has 8 heteroatoms. The average molecular weight is 477 g/mol. The molecule has 1 fully saturated rings. The van der Waals surface area contributed by atoms with Crippen LogP contribution in [0.5, 0.6) is 11.5 Å². The number of methoxy groups -OCH3 is 1. The van der Waals surface area contributed by atoms with Gasteiger partial charge in [0.05, 0.1) is 23.3 Å². The van der Waals surface area contributed by atoms with Crippen molar-refractivity contribution in [1.82, 2.24) is 5.32 Å². The Kier molecular flexibility index (Phi) is 6.79. The van der Waals surface area contributed by atoms with Crippen LogP contribution in [0.1, 0.15) is 27.0 Å². The average Bonchev–Trinajstić information content (AvgIpc) is 3.16. The van der Waals surface area contributed by atoms with Crippen LogP contribution in [-0.2, 0) is 4.79 Å². The fraction of sp³-hybridized carbons (Fsp3) is 0.115. The van der Waals surface area contributed by atoms with Gasteiger partial charge in [-0.1, -0.05) is 18.2 Å². The van der Waals surface area contributed by atoms with Crippen molar-refractivity contribution in [3.63, 3.8) is 0 Å². The number of esters is 1. The molecule has 1 aliphatic rings. The molecule has 3 aromatic carbocycles. The number of carbonyl (C=O) groups is 2. The smallest absolute Gasteiger partial charge is 0.343 e. The van der Waals surface area contributed by atoms with E-state index < -0.39 is 11.8 Å². The van der Waals surface area contributed by atoms with E-state index in [0.717, 1.165) is 16.8 Å². The lowest BCUT2D eigenvalue weighted by molar-refractivity contribution is -0.115. The van der Waals surface area contributed by atoms with E-state index in [2.05, 4.69) is 10.3 Å².